The summed E-state index contributed by atoms with van der Waals surface area (Å²) in [6.07, 6.45) is -8.92. The van der Waals surface area contributed by atoms with Crippen LogP contribution in [-0.2, 0) is 12.4 Å². The van der Waals surface area contributed by atoms with Crippen LogP contribution in [-0.4, -0.2) is 0 Å². The lowest BCUT2D eigenvalue weighted by Gasteiger charge is -2.13. The Morgan fingerprint density at radius 2 is 1.00 bits per heavy atom. The summed E-state index contributed by atoms with van der Waals surface area (Å²) in [5, 5.41) is 7.92. The van der Waals surface area contributed by atoms with E-state index in [-0.39, 0.29) is 0 Å². The molecule has 0 bridgehead atoms. The Labute approximate surface area is 146 Å². The molecule has 0 aliphatic rings. The molecule has 2 aromatic carbocycles. The van der Waals surface area contributed by atoms with Crippen LogP contribution in [0.2, 0.25) is 0 Å². The molecule has 0 saturated heterocycles. The molecule has 2 rings (SSSR count). The number of benzene rings is 2. The maximum atomic E-state index is 12.8. The summed E-state index contributed by atoms with van der Waals surface area (Å²) in [5.41, 5.74) is -0.939. The van der Waals surface area contributed by atoms with Crippen LogP contribution >= 0.6 is 0 Å². The molecule has 2 nitrogen and oxygen atoms in total. The normalized spacial score (nSPS) is 15.2. The van der Waals surface area contributed by atoms with Crippen molar-refractivity contribution in [2.45, 2.75) is 38.3 Å². The van der Waals surface area contributed by atoms with Crippen LogP contribution in [0.15, 0.2) is 58.8 Å². The van der Waals surface area contributed by atoms with E-state index in [1.807, 2.05) is 0 Å². The van der Waals surface area contributed by atoms with Gasteiger partial charge in [0, 0.05) is 0 Å². The Hall–Kier alpha value is -2.38. The standard InChI is InChI=1S/C18H16F6N2/c1-11(13-5-3-7-15(9-13)17(19,20)21)25-26-12(2)14-6-4-8-16(10-14)18(22,23)24/h3-12H,1-2H3. The Kier molecular flexibility index (Phi) is 5.73. The summed E-state index contributed by atoms with van der Waals surface area (Å²) < 4.78 is 76.5. The van der Waals surface area contributed by atoms with Crippen LogP contribution in [0.1, 0.15) is 48.2 Å². The van der Waals surface area contributed by atoms with E-state index >= 15 is 0 Å². The molecule has 0 spiro atoms. The fraction of sp³-hybridized carbons (Fsp3) is 0.333. The van der Waals surface area contributed by atoms with Gasteiger partial charge in [-0.15, -0.1) is 0 Å². The largest absolute Gasteiger partial charge is 0.416 e. The third-order valence-corrected chi connectivity index (χ3v) is 3.81. The van der Waals surface area contributed by atoms with Gasteiger partial charge in [-0.3, -0.25) is 0 Å². The van der Waals surface area contributed by atoms with E-state index in [0.29, 0.717) is 11.1 Å². The third kappa shape index (κ3) is 5.06. The number of hydrogen-bond acceptors (Lipinski definition) is 2. The van der Waals surface area contributed by atoms with Crippen molar-refractivity contribution < 1.29 is 26.3 Å². The average Bonchev–Trinajstić information content (AvgIpc) is 2.58. The Bertz CT molecular complexity index is 714. The topological polar surface area (TPSA) is 24.7 Å². The van der Waals surface area contributed by atoms with Gasteiger partial charge in [0.1, 0.15) is 0 Å². The lowest BCUT2D eigenvalue weighted by atomic mass is 10.1. The molecule has 0 amide bonds. The second-order valence-corrected chi connectivity index (χ2v) is 5.83. The highest BCUT2D eigenvalue weighted by Crippen LogP contribution is 2.33. The van der Waals surface area contributed by atoms with Crippen LogP contribution in [0.3, 0.4) is 0 Å². The van der Waals surface area contributed by atoms with Crippen LogP contribution in [0, 0.1) is 0 Å². The summed E-state index contributed by atoms with van der Waals surface area (Å²) in [7, 11) is 0. The van der Waals surface area contributed by atoms with Gasteiger partial charge in [0.15, 0.2) is 0 Å². The van der Waals surface area contributed by atoms with Crippen LogP contribution in [0.25, 0.3) is 0 Å². The highest BCUT2D eigenvalue weighted by Gasteiger charge is 2.31. The van der Waals surface area contributed by atoms with E-state index in [4.69, 9.17) is 0 Å². The van der Waals surface area contributed by atoms with E-state index < -0.39 is 35.6 Å². The van der Waals surface area contributed by atoms with Gasteiger partial charge in [-0.25, -0.2) is 0 Å². The van der Waals surface area contributed by atoms with Gasteiger partial charge in [-0.2, -0.15) is 36.6 Å². The molecule has 0 aliphatic heterocycles. The lowest BCUT2D eigenvalue weighted by molar-refractivity contribution is -0.138. The summed E-state index contributed by atoms with van der Waals surface area (Å²) in [6.45, 7) is 3.13. The smallest absolute Gasteiger partial charge is 0.186 e. The number of nitrogens with zero attached hydrogens (tertiary/aromatic N) is 2. The fourth-order valence-electron chi connectivity index (χ4n) is 2.28. The summed E-state index contributed by atoms with van der Waals surface area (Å²) in [4.78, 5) is 0. The molecule has 140 valence electrons. The van der Waals surface area contributed by atoms with Crippen LogP contribution in [0.5, 0.6) is 0 Å². The maximum absolute atomic E-state index is 12.8. The molecule has 2 aromatic rings. The molecule has 0 N–H and O–H groups in total. The van der Waals surface area contributed by atoms with Crippen molar-refractivity contribution >= 4 is 0 Å². The van der Waals surface area contributed by atoms with E-state index in [9.17, 15) is 26.3 Å². The van der Waals surface area contributed by atoms with Gasteiger partial charge < -0.3 is 0 Å². The monoisotopic (exact) mass is 374 g/mol. The van der Waals surface area contributed by atoms with E-state index in [1.165, 1.54) is 24.3 Å². The summed E-state index contributed by atoms with van der Waals surface area (Å²) in [5.74, 6) is 0. The minimum absolute atomic E-state index is 0.319. The average molecular weight is 374 g/mol. The van der Waals surface area contributed by atoms with Crippen molar-refractivity contribution in [3.8, 4) is 0 Å². The van der Waals surface area contributed by atoms with Crippen molar-refractivity contribution in [3.05, 3.63) is 70.8 Å². The predicted molar refractivity (Wildman–Crippen MR) is 84.6 cm³/mol. The first kappa shape index (κ1) is 19.9. The number of azo groups is 1. The SMILES string of the molecule is CC(N=NC(C)c1cccc(C(F)(F)F)c1)c1cccc(C(F)(F)F)c1. The van der Waals surface area contributed by atoms with Gasteiger partial charge in [0.25, 0.3) is 0 Å². The van der Waals surface area contributed by atoms with Gasteiger partial charge >= 0.3 is 12.4 Å². The first-order valence-corrected chi connectivity index (χ1v) is 7.73. The molecular weight excluding hydrogens is 358 g/mol. The Morgan fingerprint density at radius 1 is 0.654 bits per heavy atom. The van der Waals surface area contributed by atoms with E-state index in [2.05, 4.69) is 10.2 Å². The van der Waals surface area contributed by atoms with Crippen molar-refractivity contribution in [1.82, 2.24) is 0 Å². The zero-order valence-electron chi connectivity index (χ0n) is 13.9. The van der Waals surface area contributed by atoms with Crippen molar-refractivity contribution in [2.75, 3.05) is 0 Å². The molecule has 0 aromatic heterocycles. The van der Waals surface area contributed by atoms with Gasteiger partial charge in [-0.1, -0.05) is 24.3 Å². The molecule has 0 heterocycles. The molecule has 2 atom stereocenters. The molecule has 8 heteroatoms. The fourth-order valence-corrected chi connectivity index (χ4v) is 2.28. The maximum Gasteiger partial charge on any atom is 0.416 e. The molecule has 26 heavy (non-hydrogen) atoms. The minimum atomic E-state index is -4.46. The third-order valence-electron chi connectivity index (χ3n) is 3.81. The van der Waals surface area contributed by atoms with Crippen molar-refractivity contribution in [2.24, 2.45) is 10.2 Å². The molecular formula is C18H16F6N2. The highest BCUT2D eigenvalue weighted by atomic mass is 19.4. The van der Waals surface area contributed by atoms with Gasteiger partial charge in [-0.05, 0) is 49.2 Å². The molecule has 0 radical (unpaired) electrons. The minimum Gasteiger partial charge on any atom is -0.186 e. The quantitative estimate of drug-likeness (QED) is 0.407. The van der Waals surface area contributed by atoms with E-state index in [0.717, 1.165) is 24.3 Å². The Morgan fingerprint density at radius 3 is 1.31 bits per heavy atom. The van der Waals surface area contributed by atoms with Gasteiger partial charge in [0.05, 0.1) is 23.2 Å². The van der Waals surface area contributed by atoms with Crippen molar-refractivity contribution in [1.29, 1.82) is 0 Å². The molecule has 0 fully saturated rings. The second-order valence-electron chi connectivity index (χ2n) is 5.83. The van der Waals surface area contributed by atoms with Crippen LogP contribution < -0.4 is 0 Å². The second kappa shape index (κ2) is 7.47. The lowest BCUT2D eigenvalue weighted by Crippen LogP contribution is -2.06. The zero-order valence-corrected chi connectivity index (χ0v) is 13.9. The van der Waals surface area contributed by atoms with E-state index in [1.54, 1.807) is 13.8 Å². The van der Waals surface area contributed by atoms with Crippen LogP contribution in [0.4, 0.5) is 26.3 Å². The van der Waals surface area contributed by atoms with Gasteiger partial charge in [0.2, 0.25) is 0 Å². The summed E-state index contributed by atoms with van der Waals surface area (Å²) in [6, 6.07) is 8.10. The first-order chi connectivity index (χ1) is 12.0. The van der Waals surface area contributed by atoms with Crippen molar-refractivity contribution in [3.63, 3.8) is 0 Å². The number of alkyl halides is 6. The molecule has 2 unspecified atom stereocenters. The highest BCUT2D eigenvalue weighted by molar-refractivity contribution is 5.29. The predicted octanol–water partition coefficient (Wildman–Crippen LogP) is 7.00. The molecule has 0 saturated carbocycles. The number of rotatable bonds is 4. The number of hydrogen-bond donors (Lipinski definition) is 0. The first-order valence-electron chi connectivity index (χ1n) is 7.73. The summed E-state index contributed by atoms with van der Waals surface area (Å²) >= 11 is 0. The number of halogens is 6. The molecule has 0 aliphatic carbocycles. The Balaban J connectivity index is 2.17. The zero-order chi connectivity index (χ0) is 19.5.